The summed E-state index contributed by atoms with van der Waals surface area (Å²) in [5, 5.41) is 4.37. The summed E-state index contributed by atoms with van der Waals surface area (Å²) in [5.41, 5.74) is 6.48. The summed E-state index contributed by atoms with van der Waals surface area (Å²) in [7, 11) is 0. The van der Waals surface area contributed by atoms with E-state index in [-0.39, 0.29) is 30.5 Å². The van der Waals surface area contributed by atoms with E-state index in [1.807, 2.05) is 4.90 Å². The highest BCUT2D eigenvalue weighted by Gasteiger charge is 2.43. The molecule has 4 rings (SSSR count). The minimum absolute atomic E-state index is 0. The van der Waals surface area contributed by atoms with Gasteiger partial charge in [-0.2, -0.15) is 0 Å². The number of ether oxygens (including phenoxy) is 1. The van der Waals surface area contributed by atoms with Gasteiger partial charge in [0.05, 0.1) is 16.6 Å². The lowest BCUT2D eigenvalue weighted by Crippen LogP contribution is -2.50. The van der Waals surface area contributed by atoms with Crippen molar-refractivity contribution in [3.8, 4) is 5.75 Å². The summed E-state index contributed by atoms with van der Waals surface area (Å²) in [5.74, 6) is 1.14. The quantitative estimate of drug-likeness (QED) is 0.695. The number of fused-ring (bicyclic) bond motifs is 1. The molecule has 144 valence electrons. The molecule has 1 amide bonds. The zero-order valence-corrected chi connectivity index (χ0v) is 16.5. The molecule has 4 unspecified atom stereocenters. The number of rotatable bonds is 3. The fraction of sp³-hybridized carbons (Fsp3) is 0.588. The number of hydrogen-bond acceptors (Lipinski definition) is 5. The minimum Gasteiger partial charge on any atom is -0.488 e. The average molecular weight is 422 g/mol. The van der Waals surface area contributed by atoms with Crippen molar-refractivity contribution in [2.45, 2.75) is 31.0 Å². The van der Waals surface area contributed by atoms with Gasteiger partial charge >= 0.3 is 0 Å². The van der Waals surface area contributed by atoms with Crippen LogP contribution >= 0.6 is 35.6 Å². The molecule has 6 nitrogen and oxygen atoms in total. The first kappa shape index (κ1) is 20.0. The third kappa shape index (κ3) is 4.06. The fourth-order valence-electron chi connectivity index (χ4n) is 3.92. The van der Waals surface area contributed by atoms with E-state index in [1.165, 1.54) is 0 Å². The molecule has 0 bridgehead atoms. The second kappa shape index (κ2) is 8.50. The normalized spacial score (nSPS) is 30.6. The van der Waals surface area contributed by atoms with Gasteiger partial charge in [0.1, 0.15) is 17.9 Å². The van der Waals surface area contributed by atoms with Gasteiger partial charge in [0, 0.05) is 37.5 Å². The van der Waals surface area contributed by atoms with Gasteiger partial charge in [-0.05, 0) is 25.1 Å². The number of amides is 1. The van der Waals surface area contributed by atoms with Gasteiger partial charge in [0.25, 0.3) is 0 Å². The molecule has 3 fully saturated rings. The minimum atomic E-state index is -0.165. The Morgan fingerprint density at radius 3 is 2.85 bits per heavy atom. The summed E-state index contributed by atoms with van der Waals surface area (Å²) in [6, 6.07) is 5.46. The van der Waals surface area contributed by atoms with Crippen molar-refractivity contribution in [1.82, 2.24) is 21.1 Å². The van der Waals surface area contributed by atoms with E-state index < -0.39 is 0 Å². The summed E-state index contributed by atoms with van der Waals surface area (Å²) < 4.78 is 5.98. The number of piperidine rings is 1. The molecule has 1 aromatic carbocycles. The van der Waals surface area contributed by atoms with E-state index in [1.54, 1.807) is 18.2 Å². The molecule has 3 saturated heterocycles. The van der Waals surface area contributed by atoms with Gasteiger partial charge in [0.2, 0.25) is 5.91 Å². The highest BCUT2D eigenvalue weighted by molar-refractivity contribution is 6.42. The van der Waals surface area contributed by atoms with E-state index >= 15 is 0 Å². The van der Waals surface area contributed by atoms with Crippen LogP contribution in [0.15, 0.2) is 18.2 Å². The molecule has 3 aliphatic heterocycles. The first-order valence-corrected chi connectivity index (χ1v) is 9.49. The maximum Gasteiger partial charge on any atom is 0.241 e. The van der Waals surface area contributed by atoms with Gasteiger partial charge in [-0.15, -0.1) is 12.4 Å². The maximum atomic E-state index is 12.9. The van der Waals surface area contributed by atoms with Gasteiger partial charge < -0.3 is 15.0 Å². The Morgan fingerprint density at radius 1 is 1.19 bits per heavy atom. The standard InChI is InChI=1S/C17H22Cl2N4O2.ClH/c18-13-2-1-10(7-14(13)19)25-11-4-6-23(9-11)17(24)16-12-8-20-5-3-15(12)21-22-16;/h1-2,7,11-12,15-16,20-22H,3-6,8-9H2;1H. The van der Waals surface area contributed by atoms with Gasteiger partial charge in [-0.25, -0.2) is 5.43 Å². The van der Waals surface area contributed by atoms with Crippen LogP contribution in [0, 0.1) is 5.92 Å². The molecule has 0 aliphatic carbocycles. The lowest BCUT2D eigenvalue weighted by Gasteiger charge is -2.29. The maximum absolute atomic E-state index is 12.9. The Bertz CT molecular complexity index is 663. The summed E-state index contributed by atoms with van der Waals surface area (Å²) in [4.78, 5) is 14.8. The second-order valence-electron chi connectivity index (χ2n) is 6.92. The van der Waals surface area contributed by atoms with E-state index in [9.17, 15) is 4.79 Å². The van der Waals surface area contributed by atoms with Crippen molar-refractivity contribution in [3.63, 3.8) is 0 Å². The number of carbonyl (C=O) groups is 1. The number of carbonyl (C=O) groups excluding carboxylic acids is 1. The molecule has 9 heteroatoms. The number of nitrogens with zero attached hydrogens (tertiary/aromatic N) is 1. The van der Waals surface area contributed by atoms with E-state index in [0.29, 0.717) is 40.8 Å². The summed E-state index contributed by atoms with van der Waals surface area (Å²) in [6.45, 7) is 3.19. The number of hydrazine groups is 1. The van der Waals surface area contributed by atoms with Crippen LogP contribution in [-0.2, 0) is 4.79 Å². The molecule has 1 aromatic rings. The second-order valence-corrected chi connectivity index (χ2v) is 7.73. The Balaban J connectivity index is 0.00000196. The van der Waals surface area contributed by atoms with Crippen molar-refractivity contribution < 1.29 is 9.53 Å². The zero-order chi connectivity index (χ0) is 17.4. The van der Waals surface area contributed by atoms with Gasteiger partial charge in [0.15, 0.2) is 0 Å². The molecule has 0 saturated carbocycles. The summed E-state index contributed by atoms with van der Waals surface area (Å²) in [6.07, 6.45) is 1.85. The Hall–Kier alpha value is -0.760. The van der Waals surface area contributed by atoms with Crippen LogP contribution in [-0.4, -0.2) is 55.2 Å². The number of halogens is 3. The van der Waals surface area contributed by atoms with Crippen molar-refractivity contribution in [2.24, 2.45) is 5.92 Å². The summed E-state index contributed by atoms with van der Waals surface area (Å²) >= 11 is 12.0. The molecule has 3 aliphatic rings. The van der Waals surface area contributed by atoms with Crippen LogP contribution in [0.2, 0.25) is 10.0 Å². The number of nitrogens with one attached hydrogen (secondary N) is 3. The van der Waals surface area contributed by atoms with Crippen LogP contribution in [0.4, 0.5) is 0 Å². The number of benzene rings is 1. The Morgan fingerprint density at radius 2 is 2.04 bits per heavy atom. The average Bonchev–Trinajstić information content (AvgIpc) is 3.24. The van der Waals surface area contributed by atoms with Crippen molar-refractivity contribution >= 4 is 41.5 Å². The first-order valence-electron chi connectivity index (χ1n) is 8.74. The smallest absolute Gasteiger partial charge is 0.241 e. The third-order valence-electron chi connectivity index (χ3n) is 5.30. The van der Waals surface area contributed by atoms with Crippen molar-refractivity contribution in [3.05, 3.63) is 28.2 Å². The molecule has 4 atom stereocenters. The van der Waals surface area contributed by atoms with Crippen molar-refractivity contribution in [2.75, 3.05) is 26.2 Å². The fourth-order valence-corrected chi connectivity index (χ4v) is 4.21. The highest BCUT2D eigenvalue weighted by Crippen LogP contribution is 2.28. The Kier molecular flexibility index (Phi) is 6.54. The molecule has 0 aromatic heterocycles. The molecule has 3 N–H and O–H groups in total. The molecule has 0 spiro atoms. The lowest BCUT2D eigenvalue weighted by molar-refractivity contribution is -0.133. The van der Waals surface area contributed by atoms with Crippen molar-refractivity contribution in [1.29, 1.82) is 0 Å². The lowest BCUT2D eigenvalue weighted by atomic mass is 9.89. The number of hydrogen-bond donors (Lipinski definition) is 3. The van der Waals surface area contributed by atoms with Gasteiger partial charge in [-0.3, -0.25) is 10.2 Å². The molecular weight excluding hydrogens is 399 g/mol. The first-order chi connectivity index (χ1) is 12.1. The highest BCUT2D eigenvalue weighted by atomic mass is 35.5. The van der Waals surface area contributed by atoms with Crippen LogP contribution in [0.1, 0.15) is 12.8 Å². The SMILES string of the molecule is Cl.O=C(C1NNC2CCNCC21)N1CCC(Oc2ccc(Cl)c(Cl)c2)C1. The van der Waals surface area contributed by atoms with E-state index in [2.05, 4.69) is 16.2 Å². The molecule has 3 heterocycles. The van der Waals surface area contributed by atoms with Crippen LogP contribution in [0.25, 0.3) is 0 Å². The predicted molar refractivity (Wildman–Crippen MR) is 104 cm³/mol. The number of likely N-dealkylation sites (tertiary alicyclic amines) is 1. The van der Waals surface area contributed by atoms with E-state index in [0.717, 1.165) is 25.9 Å². The van der Waals surface area contributed by atoms with E-state index in [4.69, 9.17) is 27.9 Å². The predicted octanol–water partition coefficient (Wildman–Crippen LogP) is 1.85. The largest absolute Gasteiger partial charge is 0.488 e. The topological polar surface area (TPSA) is 65.6 Å². The molecule has 26 heavy (non-hydrogen) atoms. The van der Waals surface area contributed by atoms with Crippen LogP contribution < -0.4 is 20.9 Å². The molecule has 0 radical (unpaired) electrons. The van der Waals surface area contributed by atoms with Crippen LogP contribution in [0.5, 0.6) is 5.75 Å². The third-order valence-corrected chi connectivity index (χ3v) is 6.04. The Labute approximate surface area is 169 Å². The molecular formula is C17H23Cl3N4O2. The zero-order valence-electron chi connectivity index (χ0n) is 14.2. The monoisotopic (exact) mass is 420 g/mol. The van der Waals surface area contributed by atoms with Crippen LogP contribution in [0.3, 0.4) is 0 Å². The van der Waals surface area contributed by atoms with Gasteiger partial charge in [-0.1, -0.05) is 23.2 Å².